The van der Waals surface area contributed by atoms with Crippen LogP contribution in [0.1, 0.15) is 41.5 Å². The highest BCUT2D eigenvalue weighted by Gasteiger charge is 2.47. The zero-order valence-corrected chi connectivity index (χ0v) is 16.6. The average Bonchev–Trinajstić information content (AvgIpc) is 2.68. The summed E-state index contributed by atoms with van der Waals surface area (Å²) in [6, 6.07) is 0. The lowest BCUT2D eigenvalue weighted by molar-refractivity contribution is 0.0225. The molecular weight excluding hydrogens is 320 g/mol. The Morgan fingerprint density at radius 3 is 2.04 bits per heavy atom. The molecule has 0 unspecified atom stereocenters. The van der Waals surface area contributed by atoms with Gasteiger partial charge in [0.05, 0.1) is 12.0 Å². The van der Waals surface area contributed by atoms with Crippen molar-refractivity contribution in [3.8, 4) is 0 Å². The van der Waals surface area contributed by atoms with Crippen molar-refractivity contribution in [1.29, 1.82) is 0 Å². The number of carbonyl (C=O) groups excluding carboxylic acids is 1. The SMILES string of the molecule is CC(C)(C)OC(=O)N1C[C@H](O[Si](C)(C)C(C)(C)C)[C@@H](C(F)F)C1. The fraction of sp³-hybridized carbons (Fsp3) is 0.938. The van der Waals surface area contributed by atoms with E-state index in [0.717, 1.165) is 0 Å². The molecule has 0 aromatic heterocycles. The third kappa shape index (κ3) is 5.41. The Labute approximate surface area is 139 Å². The summed E-state index contributed by atoms with van der Waals surface area (Å²) < 4.78 is 38.2. The molecule has 136 valence electrons. The standard InChI is InChI=1S/C16H31F2NO3Si/c1-15(2,3)21-14(20)19-9-11(13(17)18)12(10-19)22-23(7,8)16(4,5)6/h11-13H,9-10H2,1-8H3/t11-,12-/m0/s1. The summed E-state index contributed by atoms with van der Waals surface area (Å²) in [5.41, 5.74) is -0.643. The Morgan fingerprint density at radius 1 is 1.13 bits per heavy atom. The first-order chi connectivity index (χ1) is 10.1. The van der Waals surface area contributed by atoms with Crippen molar-refractivity contribution >= 4 is 14.4 Å². The first-order valence-electron chi connectivity index (χ1n) is 8.08. The van der Waals surface area contributed by atoms with Gasteiger partial charge in [-0.2, -0.15) is 0 Å². The Morgan fingerprint density at radius 2 is 1.65 bits per heavy atom. The van der Waals surface area contributed by atoms with E-state index in [9.17, 15) is 13.6 Å². The van der Waals surface area contributed by atoms with Crippen LogP contribution in [0.15, 0.2) is 0 Å². The zero-order valence-electron chi connectivity index (χ0n) is 15.6. The normalized spacial score (nSPS) is 23.5. The van der Waals surface area contributed by atoms with Gasteiger partial charge in [0, 0.05) is 13.1 Å². The van der Waals surface area contributed by atoms with Crippen molar-refractivity contribution in [1.82, 2.24) is 4.90 Å². The van der Waals surface area contributed by atoms with E-state index in [0.29, 0.717) is 0 Å². The molecule has 23 heavy (non-hydrogen) atoms. The van der Waals surface area contributed by atoms with Crippen molar-refractivity contribution in [2.24, 2.45) is 5.92 Å². The fourth-order valence-corrected chi connectivity index (χ4v) is 3.56. The van der Waals surface area contributed by atoms with Crippen LogP contribution in [0.5, 0.6) is 0 Å². The summed E-state index contributed by atoms with van der Waals surface area (Å²) in [7, 11) is -2.18. The minimum absolute atomic E-state index is 0.0220. The van der Waals surface area contributed by atoms with Crippen LogP contribution in [-0.2, 0) is 9.16 Å². The molecule has 2 atom stereocenters. The molecule has 0 saturated carbocycles. The number of likely N-dealkylation sites (tertiary alicyclic amines) is 1. The molecule has 4 nitrogen and oxygen atoms in total. The lowest BCUT2D eigenvalue weighted by Gasteiger charge is -2.39. The number of carbonyl (C=O) groups is 1. The molecule has 1 aliphatic heterocycles. The van der Waals surface area contributed by atoms with E-state index in [1.165, 1.54) is 4.90 Å². The number of hydrogen-bond acceptors (Lipinski definition) is 3. The maximum atomic E-state index is 13.4. The largest absolute Gasteiger partial charge is 0.444 e. The number of ether oxygens (including phenoxy) is 1. The lowest BCUT2D eigenvalue weighted by atomic mass is 10.1. The summed E-state index contributed by atoms with van der Waals surface area (Å²) in [5, 5.41) is -0.0704. The fourth-order valence-electron chi connectivity index (χ4n) is 2.20. The maximum absolute atomic E-state index is 13.4. The number of amides is 1. The Hall–Kier alpha value is -0.693. The smallest absolute Gasteiger partial charge is 0.410 e. The van der Waals surface area contributed by atoms with E-state index in [-0.39, 0.29) is 18.1 Å². The van der Waals surface area contributed by atoms with Gasteiger partial charge in [-0.3, -0.25) is 0 Å². The molecule has 1 amide bonds. The van der Waals surface area contributed by atoms with Crippen molar-refractivity contribution in [2.75, 3.05) is 13.1 Å². The number of hydrogen-bond donors (Lipinski definition) is 0. The second-order valence-electron chi connectivity index (χ2n) is 8.80. The summed E-state index contributed by atoms with van der Waals surface area (Å²) in [4.78, 5) is 13.5. The van der Waals surface area contributed by atoms with Gasteiger partial charge in [-0.25, -0.2) is 13.6 Å². The molecule has 0 aromatic carbocycles. The molecule has 1 heterocycles. The van der Waals surface area contributed by atoms with Gasteiger partial charge < -0.3 is 14.1 Å². The predicted molar refractivity (Wildman–Crippen MR) is 89.4 cm³/mol. The summed E-state index contributed by atoms with van der Waals surface area (Å²) in [6.07, 6.45) is -3.70. The van der Waals surface area contributed by atoms with Crippen molar-refractivity contribution < 1.29 is 22.7 Å². The van der Waals surface area contributed by atoms with Gasteiger partial charge in [0.2, 0.25) is 6.43 Å². The van der Waals surface area contributed by atoms with Crippen molar-refractivity contribution in [3.05, 3.63) is 0 Å². The van der Waals surface area contributed by atoms with E-state index >= 15 is 0 Å². The molecule has 1 saturated heterocycles. The molecule has 0 radical (unpaired) electrons. The molecule has 0 bridgehead atoms. The van der Waals surface area contributed by atoms with Gasteiger partial charge in [-0.05, 0) is 38.9 Å². The first-order valence-corrected chi connectivity index (χ1v) is 11.0. The van der Waals surface area contributed by atoms with Crippen LogP contribution in [-0.4, -0.2) is 50.5 Å². The van der Waals surface area contributed by atoms with Gasteiger partial charge in [0.15, 0.2) is 8.32 Å². The van der Waals surface area contributed by atoms with Gasteiger partial charge in [-0.1, -0.05) is 20.8 Å². The van der Waals surface area contributed by atoms with E-state index in [2.05, 4.69) is 20.8 Å². The number of alkyl halides is 2. The third-order valence-electron chi connectivity index (χ3n) is 4.54. The first kappa shape index (κ1) is 20.4. The second kappa shape index (κ2) is 6.67. The predicted octanol–water partition coefficient (Wildman–Crippen LogP) is 4.51. The van der Waals surface area contributed by atoms with Crippen LogP contribution < -0.4 is 0 Å². The maximum Gasteiger partial charge on any atom is 0.410 e. The Balaban J connectivity index is 2.85. The molecule has 1 rings (SSSR count). The monoisotopic (exact) mass is 351 g/mol. The van der Waals surface area contributed by atoms with Crippen LogP contribution in [0.2, 0.25) is 18.1 Å². The van der Waals surface area contributed by atoms with E-state index in [1.54, 1.807) is 20.8 Å². The topological polar surface area (TPSA) is 38.8 Å². The molecule has 0 aromatic rings. The van der Waals surface area contributed by atoms with Crippen LogP contribution in [0.3, 0.4) is 0 Å². The molecule has 1 fully saturated rings. The minimum Gasteiger partial charge on any atom is -0.444 e. The van der Waals surface area contributed by atoms with Gasteiger partial charge >= 0.3 is 6.09 Å². The summed E-state index contributed by atoms with van der Waals surface area (Å²) in [5.74, 6) is -0.961. The number of rotatable bonds is 3. The third-order valence-corrected chi connectivity index (χ3v) is 9.04. The minimum atomic E-state index is -2.52. The average molecular weight is 352 g/mol. The number of nitrogens with zero attached hydrogens (tertiary/aromatic N) is 1. The zero-order chi connectivity index (χ0) is 18.2. The van der Waals surface area contributed by atoms with Gasteiger partial charge in [0.1, 0.15) is 5.60 Å². The molecular formula is C16H31F2NO3Si. The number of halogens is 2. The lowest BCUT2D eigenvalue weighted by Crippen LogP contribution is -2.47. The van der Waals surface area contributed by atoms with Crippen LogP contribution >= 0.6 is 0 Å². The van der Waals surface area contributed by atoms with Crippen LogP contribution in [0, 0.1) is 5.92 Å². The highest BCUT2D eigenvalue weighted by Crippen LogP contribution is 2.40. The van der Waals surface area contributed by atoms with E-state index in [1.807, 2.05) is 13.1 Å². The van der Waals surface area contributed by atoms with Crippen LogP contribution in [0.25, 0.3) is 0 Å². The Bertz CT molecular complexity index is 430. The molecule has 0 spiro atoms. The Kier molecular flexibility index (Phi) is 5.90. The second-order valence-corrected chi connectivity index (χ2v) is 13.6. The van der Waals surface area contributed by atoms with Crippen molar-refractivity contribution in [3.63, 3.8) is 0 Å². The van der Waals surface area contributed by atoms with Gasteiger partial charge in [-0.15, -0.1) is 0 Å². The summed E-state index contributed by atoms with van der Waals surface area (Å²) >= 11 is 0. The highest BCUT2D eigenvalue weighted by molar-refractivity contribution is 6.74. The van der Waals surface area contributed by atoms with E-state index in [4.69, 9.17) is 9.16 Å². The summed E-state index contributed by atoms with van der Waals surface area (Å²) in [6.45, 7) is 15.7. The quantitative estimate of drug-likeness (QED) is 0.702. The highest BCUT2D eigenvalue weighted by atomic mass is 28.4. The molecule has 1 aliphatic rings. The van der Waals surface area contributed by atoms with Crippen molar-refractivity contribution in [2.45, 2.75) is 77.8 Å². The molecule has 7 heteroatoms. The van der Waals surface area contributed by atoms with Crippen LogP contribution in [0.4, 0.5) is 13.6 Å². The van der Waals surface area contributed by atoms with E-state index < -0.39 is 38.5 Å². The molecule has 0 N–H and O–H groups in total. The van der Waals surface area contributed by atoms with Gasteiger partial charge in [0.25, 0.3) is 0 Å². The molecule has 0 aliphatic carbocycles.